The maximum Gasteiger partial charge on any atom is 0.500 e. The average Bonchev–Trinajstić information content (AvgIpc) is 2.68. The summed E-state index contributed by atoms with van der Waals surface area (Å²) < 4.78 is 26.8. The van der Waals surface area contributed by atoms with Gasteiger partial charge in [-0.2, -0.15) is 0 Å². The predicted octanol–water partition coefficient (Wildman–Crippen LogP) is 2.75. The molecule has 0 aliphatic carbocycles. The van der Waals surface area contributed by atoms with Gasteiger partial charge in [0, 0.05) is 39.5 Å². The molecule has 0 aliphatic rings. The Morgan fingerprint density at radius 2 is 1.74 bits per heavy atom. The molecule has 0 aliphatic heterocycles. The number of unbranched alkanes of at least 4 members (excludes halogenated alkanes) is 1. The Morgan fingerprint density at radius 1 is 1.07 bits per heavy atom. The molecule has 0 amide bonds. The summed E-state index contributed by atoms with van der Waals surface area (Å²) in [6, 6.07) is 3.78. The lowest BCUT2D eigenvalue weighted by Crippen LogP contribution is -2.42. The molecule has 27 heavy (non-hydrogen) atoms. The first kappa shape index (κ1) is 23.3. The van der Waals surface area contributed by atoms with Crippen molar-refractivity contribution >= 4 is 14.5 Å². The normalized spacial score (nSPS) is 11.4. The Kier molecular flexibility index (Phi) is 10.3. The molecule has 0 bridgehead atoms. The van der Waals surface area contributed by atoms with Gasteiger partial charge in [-0.1, -0.05) is 0 Å². The Labute approximate surface area is 161 Å². The van der Waals surface area contributed by atoms with Gasteiger partial charge in [-0.05, 0) is 32.4 Å². The maximum absolute atomic E-state index is 11.4. The second-order valence-corrected chi connectivity index (χ2v) is 8.84. The number of hydrogen-bond acceptors (Lipinski definition) is 8. The van der Waals surface area contributed by atoms with E-state index in [4.69, 9.17) is 22.8 Å². The van der Waals surface area contributed by atoms with E-state index in [1.807, 2.05) is 6.92 Å². The third-order valence-electron chi connectivity index (χ3n) is 4.20. The van der Waals surface area contributed by atoms with E-state index in [-0.39, 0.29) is 5.69 Å². The topological polar surface area (TPSA) is 101 Å². The van der Waals surface area contributed by atoms with Crippen LogP contribution in [0.1, 0.15) is 25.3 Å². The van der Waals surface area contributed by atoms with Gasteiger partial charge in [0.15, 0.2) is 11.5 Å². The second kappa shape index (κ2) is 11.9. The first-order valence-electron chi connectivity index (χ1n) is 8.81. The molecule has 0 aromatic heterocycles. The third kappa shape index (κ3) is 6.74. The quantitative estimate of drug-likeness (QED) is 0.219. The van der Waals surface area contributed by atoms with Crippen LogP contribution in [0.2, 0.25) is 6.04 Å². The highest BCUT2D eigenvalue weighted by Crippen LogP contribution is 2.34. The van der Waals surface area contributed by atoms with Crippen LogP contribution in [0.25, 0.3) is 0 Å². The number of nitrogens with zero attached hydrogens (tertiary/aromatic N) is 1. The second-order valence-electron chi connectivity index (χ2n) is 5.75. The zero-order chi connectivity index (χ0) is 20.3. The van der Waals surface area contributed by atoms with Crippen LogP contribution < -0.4 is 14.8 Å². The molecule has 0 radical (unpaired) electrons. The molecule has 10 heteroatoms. The maximum atomic E-state index is 11.4. The molecule has 1 rings (SSSR count). The fraction of sp³-hybridized carbons (Fsp3) is 0.647. The van der Waals surface area contributed by atoms with Crippen molar-refractivity contribution in [3.8, 4) is 11.5 Å². The lowest BCUT2D eigenvalue weighted by atomic mass is 10.1. The molecule has 0 saturated heterocycles. The van der Waals surface area contributed by atoms with Crippen LogP contribution in [0.4, 0.5) is 5.69 Å². The zero-order valence-corrected chi connectivity index (χ0v) is 17.7. The summed E-state index contributed by atoms with van der Waals surface area (Å²) in [7, 11) is 3.75. The minimum absolute atomic E-state index is 0.0105. The predicted molar refractivity (Wildman–Crippen MR) is 103 cm³/mol. The highest BCUT2D eigenvalue weighted by Gasteiger charge is 2.36. The Bertz CT molecular complexity index is 589. The van der Waals surface area contributed by atoms with Crippen LogP contribution >= 0.6 is 0 Å². The van der Waals surface area contributed by atoms with E-state index in [0.717, 1.165) is 18.9 Å². The summed E-state index contributed by atoms with van der Waals surface area (Å²) in [6.07, 6.45) is 1.73. The van der Waals surface area contributed by atoms with E-state index >= 15 is 0 Å². The van der Waals surface area contributed by atoms with E-state index < -0.39 is 13.7 Å². The highest BCUT2D eigenvalue weighted by atomic mass is 28.4. The molecule has 1 aromatic carbocycles. The van der Waals surface area contributed by atoms with Crippen LogP contribution in [0.5, 0.6) is 11.5 Å². The monoisotopic (exact) mass is 402 g/mol. The van der Waals surface area contributed by atoms with Crippen LogP contribution in [-0.2, 0) is 19.8 Å². The molecule has 0 atom stereocenters. The fourth-order valence-electron chi connectivity index (χ4n) is 2.70. The standard InChI is InChI=1S/C17H30N2O7Si/c1-6-26-17-12-15(19(20)21)14(11-16(17)22-2)13-18-9-7-8-10-27(23-3,24-4)25-5/h11-12,18H,6-10,13H2,1-5H3. The molecular formula is C17H30N2O7Si. The number of methoxy groups -OCH3 is 1. The molecule has 9 nitrogen and oxygen atoms in total. The smallest absolute Gasteiger partial charge is 0.493 e. The van der Waals surface area contributed by atoms with Crippen molar-refractivity contribution in [1.82, 2.24) is 5.32 Å². The molecular weight excluding hydrogens is 372 g/mol. The summed E-state index contributed by atoms with van der Waals surface area (Å²) in [4.78, 5) is 11.0. The SMILES string of the molecule is CCOc1cc([N+](=O)[O-])c(CNCCCC[Si](OC)(OC)OC)cc1OC. The summed E-state index contributed by atoms with van der Waals surface area (Å²) in [5.41, 5.74) is 0.561. The lowest BCUT2D eigenvalue weighted by molar-refractivity contribution is -0.385. The zero-order valence-electron chi connectivity index (χ0n) is 16.7. The summed E-state index contributed by atoms with van der Waals surface area (Å²) in [6.45, 7) is 3.28. The number of hydrogen-bond donors (Lipinski definition) is 1. The van der Waals surface area contributed by atoms with Gasteiger partial charge >= 0.3 is 8.80 Å². The number of ether oxygens (including phenoxy) is 2. The third-order valence-corrected chi connectivity index (χ3v) is 7.03. The first-order valence-corrected chi connectivity index (χ1v) is 10.7. The van der Waals surface area contributed by atoms with Crippen molar-refractivity contribution in [1.29, 1.82) is 0 Å². The van der Waals surface area contributed by atoms with Gasteiger partial charge in [-0.15, -0.1) is 0 Å². The summed E-state index contributed by atoms with van der Waals surface area (Å²) in [5.74, 6) is 0.853. The molecule has 0 heterocycles. The molecule has 0 unspecified atom stereocenters. The van der Waals surface area contributed by atoms with Crippen LogP contribution in [-0.4, -0.2) is 55.3 Å². The van der Waals surface area contributed by atoms with Crippen molar-refractivity contribution < 1.29 is 27.7 Å². The molecule has 0 fully saturated rings. The minimum Gasteiger partial charge on any atom is -0.493 e. The lowest BCUT2D eigenvalue weighted by Gasteiger charge is -2.24. The molecule has 1 aromatic rings. The molecule has 0 saturated carbocycles. The van der Waals surface area contributed by atoms with Gasteiger partial charge in [0.05, 0.1) is 24.7 Å². The van der Waals surface area contributed by atoms with Crippen LogP contribution in [0, 0.1) is 10.1 Å². The first-order chi connectivity index (χ1) is 13.0. The van der Waals surface area contributed by atoms with E-state index in [9.17, 15) is 10.1 Å². The largest absolute Gasteiger partial charge is 0.500 e. The summed E-state index contributed by atoms with van der Waals surface area (Å²) >= 11 is 0. The van der Waals surface area contributed by atoms with Crippen molar-refractivity contribution in [3.63, 3.8) is 0 Å². The average molecular weight is 403 g/mol. The highest BCUT2D eigenvalue weighted by molar-refractivity contribution is 6.60. The molecule has 154 valence electrons. The number of benzene rings is 1. The van der Waals surface area contributed by atoms with Crippen molar-refractivity contribution in [2.45, 2.75) is 32.4 Å². The molecule has 0 spiro atoms. The number of nitrogens with one attached hydrogen (secondary N) is 1. The van der Waals surface area contributed by atoms with Crippen LogP contribution in [0.15, 0.2) is 12.1 Å². The summed E-state index contributed by atoms with van der Waals surface area (Å²) in [5, 5.41) is 14.6. The minimum atomic E-state index is -2.54. The van der Waals surface area contributed by atoms with Crippen LogP contribution in [0.3, 0.4) is 0 Å². The van der Waals surface area contributed by atoms with Gasteiger partial charge in [0.25, 0.3) is 5.69 Å². The van der Waals surface area contributed by atoms with Crippen molar-refractivity contribution in [3.05, 3.63) is 27.8 Å². The van der Waals surface area contributed by atoms with Gasteiger partial charge < -0.3 is 28.1 Å². The van der Waals surface area contributed by atoms with Crippen molar-refractivity contribution in [2.24, 2.45) is 0 Å². The fourth-order valence-corrected chi connectivity index (χ4v) is 4.50. The Morgan fingerprint density at radius 3 is 2.26 bits per heavy atom. The Balaban J connectivity index is 2.62. The number of nitro groups is 1. The van der Waals surface area contributed by atoms with E-state index in [2.05, 4.69) is 5.32 Å². The number of nitro benzene ring substituents is 1. The van der Waals surface area contributed by atoms with E-state index in [0.29, 0.717) is 36.8 Å². The van der Waals surface area contributed by atoms with E-state index in [1.165, 1.54) is 13.2 Å². The van der Waals surface area contributed by atoms with Gasteiger partial charge in [0.2, 0.25) is 0 Å². The number of rotatable bonds is 14. The van der Waals surface area contributed by atoms with Gasteiger partial charge in [-0.25, -0.2) is 0 Å². The van der Waals surface area contributed by atoms with Gasteiger partial charge in [0.1, 0.15) is 0 Å². The van der Waals surface area contributed by atoms with E-state index in [1.54, 1.807) is 27.4 Å². The molecule has 1 N–H and O–H groups in total. The Hall–Kier alpha value is -1.72. The van der Waals surface area contributed by atoms with Gasteiger partial charge in [-0.3, -0.25) is 10.1 Å². The van der Waals surface area contributed by atoms with Crippen molar-refractivity contribution in [2.75, 3.05) is 41.6 Å².